The zero-order chi connectivity index (χ0) is 16.5. The van der Waals surface area contributed by atoms with Gasteiger partial charge in [-0.15, -0.1) is 0 Å². The Balaban J connectivity index is 2.37. The zero-order valence-electron chi connectivity index (χ0n) is 13.5. The Morgan fingerprint density at radius 3 is 2.41 bits per heavy atom. The predicted molar refractivity (Wildman–Crippen MR) is 91.1 cm³/mol. The van der Waals surface area contributed by atoms with Gasteiger partial charge in [-0.25, -0.2) is 0 Å². The summed E-state index contributed by atoms with van der Waals surface area (Å²) in [5.74, 6) is 0.487. The number of hydrazine groups is 1. The summed E-state index contributed by atoms with van der Waals surface area (Å²) in [5, 5.41) is 3.41. The summed E-state index contributed by atoms with van der Waals surface area (Å²) in [6, 6.07) is 6.96. The van der Waals surface area contributed by atoms with Crippen LogP contribution in [0.5, 0.6) is 5.75 Å². The normalized spacial score (nSPS) is 10.5. The zero-order valence-corrected chi connectivity index (χ0v) is 14.3. The van der Waals surface area contributed by atoms with E-state index in [1.807, 2.05) is 13.8 Å². The van der Waals surface area contributed by atoms with Crippen molar-refractivity contribution in [3.8, 4) is 5.75 Å². The number of carbonyl (C=O) groups excluding carboxylic acids is 1. The number of ether oxygens (including phenoxy) is 1. The molecule has 6 nitrogen and oxygen atoms in total. The third-order valence-corrected chi connectivity index (χ3v) is 2.93. The van der Waals surface area contributed by atoms with Gasteiger partial charge in [-0.05, 0) is 50.3 Å². The van der Waals surface area contributed by atoms with Crippen LogP contribution in [0.3, 0.4) is 0 Å². The summed E-state index contributed by atoms with van der Waals surface area (Å²) in [5.41, 5.74) is 5.77. The maximum Gasteiger partial charge on any atom is 0.269 e. The van der Waals surface area contributed by atoms with E-state index in [-0.39, 0.29) is 12.0 Å². The van der Waals surface area contributed by atoms with Crippen molar-refractivity contribution in [1.29, 1.82) is 0 Å². The Hall–Kier alpha value is -1.86. The van der Waals surface area contributed by atoms with E-state index in [0.29, 0.717) is 10.7 Å². The van der Waals surface area contributed by atoms with Gasteiger partial charge in [-0.1, -0.05) is 0 Å². The van der Waals surface area contributed by atoms with Crippen LogP contribution in [0.2, 0.25) is 0 Å². The van der Waals surface area contributed by atoms with E-state index in [9.17, 15) is 4.79 Å². The highest BCUT2D eigenvalue weighted by atomic mass is 32.1. The fourth-order valence-electron chi connectivity index (χ4n) is 1.61. The summed E-state index contributed by atoms with van der Waals surface area (Å²) in [7, 11) is 4.12. The van der Waals surface area contributed by atoms with E-state index in [4.69, 9.17) is 17.0 Å². The van der Waals surface area contributed by atoms with E-state index in [2.05, 4.69) is 30.3 Å². The van der Waals surface area contributed by atoms with Crippen LogP contribution >= 0.6 is 12.2 Å². The average Bonchev–Trinajstić information content (AvgIpc) is 2.44. The molecule has 0 aliphatic rings. The monoisotopic (exact) mass is 325 g/mol. The van der Waals surface area contributed by atoms with Crippen molar-refractivity contribution >= 4 is 23.2 Å². The Morgan fingerprint density at radius 2 is 1.86 bits per heavy atom. The molecule has 0 unspecified atom stereocenters. The van der Waals surface area contributed by atoms with Crippen molar-refractivity contribution in [3.05, 3.63) is 29.8 Å². The van der Waals surface area contributed by atoms with Crippen molar-refractivity contribution in [2.24, 2.45) is 0 Å². The molecule has 0 fully saturated rings. The first-order chi connectivity index (χ1) is 10.4. The topological polar surface area (TPSA) is 66.8 Å². The number of nitrogens with one attached hydrogen (secondary N) is 4. The summed E-state index contributed by atoms with van der Waals surface area (Å²) < 4.78 is 5.53. The number of thiocarbonyl (C=S) groups is 1. The van der Waals surface area contributed by atoms with Gasteiger partial charge in [0.25, 0.3) is 5.91 Å². The summed E-state index contributed by atoms with van der Waals surface area (Å²) in [6.45, 7) is 5.59. The third kappa shape index (κ3) is 7.24. The van der Waals surface area contributed by atoms with Crippen LogP contribution in [-0.2, 0) is 0 Å². The lowest BCUT2D eigenvalue weighted by Gasteiger charge is -2.13. The number of rotatable bonds is 6. The molecule has 0 atom stereocenters. The second-order valence-corrected chi connectivity index (χ2v) is 5.89. The highest BCUT2D eigenvalue weighted by Gasteiger charge is 2.06. The second kappa shape index (κ2) is 9.22. The maximum absolute atomic E-state index is 12.0. The highest BCUT2D eigenvalue weighted by Crippen LogP contribution is 2.13. The smallest absolute Gasteiger partial charge is 0.269 e. The molecule has 1 aromatic carbocycles. The van der Waals surface area contributed by atoms with Crippen molar-refractivity contribution in [2.45, 2.75) is 20.0 Å². The van der Waals surface area contributed by atoms with E-state index >= 15 is 0 Å². The Labute approximate surface area is 137 Å². The first kappa shape index (κ1) is 18.2. The lowest BCUT2D eigenvalue weighted by molar-refractivity contribution is -0.856. The van der Waals surface area contributed by atoms with Gasteiger partial charge in [0.05, 0.1) is 33.3 Å². The standard InChI is InChI=1S/C15H24N4O2S/c1-11(2)21-13-7-5-12(6-8-13)14(20)17-18-15(22)16-9-10-19(3)4/h5-8,11H,9-10H2,1-4H3,(H,17,20)(H2,16,18,22)/p+1. The minimum absolute atomic E-state index is 0.105. The lowest BCUT2D eigenvalue weighted by Crippen LogP contribution is -3.06. The quantitative estimate of drug-likeness (QED) is 0.428. The maximum atomic E-state index is 12.0. The molecule has 0 radical (unpaired) electrons. The molecular weight excluding hydrogens is 300 g/mol. The van der Waals surface area contributed by atoms with Gasteiger partial charge in [0, 0.05) is 5.56 Å². The molecule has 1 rings (SSSR count). The average molecular weight is 325 g/mol. The van der Waals surface area contributed by atoms with Gasteiger partial charge in [-0.2, -0.15) is 0 Å². The number of likely N-dealkylation sites (N-methyl/N-ethyl adjacent to an activating group) is 1. The van der Waals surface area contributed by atoms with Crippen molar-refractivity contribution in [1.82, 2.24) is 16.2 Å². The van der Waals surface area contributed by atoms with Crippen molar-refractivity contribution in [3.63, 3.8) is 0 Å². The van der Waals surface area contributed by atoms with Gasteiger partial charge in [0.1, 0.15) is 5.75 Å². The molecule has 0 aromatic heterocycles. The molecule has 0 heterocycles. The molecule has 4 N–H and O–H groups in total. The molecule has 1 aromatic rings. The number of hydrogen-bond acceptors (Lipinski definition) is 3. The van der Waals surface area contributed by atoms with Gasteiger partial charge in [-0.3, -0.25) is 15.6 Å². The van der Waals surface area contributed by atoms with E-state index < -0.39 is 0 Å². The fraction of sp³-hybridized carbons (Fsp3) is 0.467. The third-order valence-electron chi connectivity index (χ3n) is 2.69. The van der Waals surface area contributed by atoms with Crippen molar-refractivity contribution in [2.75, 3.05) is 27.2 Å². The molecule has 0 bridgehead atoms. The molecule has 7 heteroatoms. The van der Waals surface area contributed by atoms with Gasteiger partial charge < -0.3 is 15.0 Å². The molecule has 0 aliphatic carbocycles. The molecule has 0 saturated carbocycles. The van der Waals surface area contributed by atoms with Crippen LogP contribution in [0.25, 0.3) is 0 Å². The molecule has 122 valence electrons. The molecular formula is C15H25N4O2S+. The fourth-order valence-corrected chi connectivity index (χ4v) is 1.77. The van der Waals surface area contributed by atoms with Gasteiger partial charge >= 0.3 is 0 Å². The van der Waals surface area contributed by atoms with Gasteiger partial charge in [0.2, 0.25) is 0 Å². The SMILES string of the molecule is CC(C)Oc1ccc(C(=O)NNC(=S)NCC[NH+](C)C)cc1. The molecule has 0 saturated heterocycles. The number of hydrogen-bond donors (Lipinski definition) is 4. The van der Waals surface area contributed by atoms with Crippen LogP contribution in [0.4, 0.5) is 0 Å². The first-order valence-corrected chi connectivity index (χ1v) is 7.69. The number of amides is 1. The molecule has 22 heavy (non-hydrogen) atoms. The largest absolute Gasteiger partial charge is 0.491 e. The summed E-state index contributed by atoms with van der Waals surface area (Å²) in [6.07, 6.45) is 0.105. The number of carbonyl (C=O) groups is 1. The minimum atomic E-state index is -0.251. The van der Waals surface area contributed by atoms with Crippen LogP contribution in [0.15, 0.2) is 24.3 Å². The van der Waals surface area contributed by atoms with Crippen LogP contribution in [-0.4, -0.2) is 44.3 Å². The summed E-state index contributed by atoms with van der Waals surface area (Å²) in [4.78, 5) is 13.3. The first-order valence-electron chi connectivity index (χ1n) is 7.28. The van der Waals surface area contributed by atoms with Crippen molar-refractivity contribution < 1.29 is 14.4 Å². The predicted octanol–water partition coefficient (Wildman–Crippen LogP) is -0.273. The minimum Gasteiger partial charge on any atom is -0.491 e. The Bertz CT molecular complexity index is 489. The molecule has 0 spiro atoms. The highest BCUT2D eigenvalue weighted by molar-refractivity contribution is 7.80. The summed E-state index contributed by atoms with van der Waals surface area (Å²) >= 11 is 5.08. The number of benzene rings is 1. The van der Waals surface area contributed by atoms with Gasteiger partial charge in [0.15, 0.2) is 5.11 Å². The molecule has 1 amide bonds. The van der Waals surface area contributed by atoms with Crippen LogP contribution in [0.1, 0.15) is 24.2 Å². The Kier molecular flexibility index (Phi) is 7.62. The van der Waals surface area contributed by atoms with E-state index in [1.54, 1.807) is 24.3 Å². The van der Waals surface area contributed by atoms with E-state index in [1.165, 1.54) is 4.90 Å². The second-order valence-electron chi connectivity index (χ2n) is 5.48. The molecule has 0 aliphatic heterocycles. The van der Waals surface area contributed by atoms with Crippen LogP contribution < -0.4 is 25.8 Å². The van der Waals surface area contributed by atoms with E-state index in [0.717, 1.165) is 18.8 Å². The Morgan fingerprint density at radius 1 is 1.23 bits per heavy atom. The van der Waals surface area contributed by atoms with Crippen LogP contribution in [0, 0.1) is 0 Å². The lowest BCUT2D eigenvalue weighted by atomic mass is 10.2. The number of quaternary nitrogens is 1.